The second-order valence-electron chi connectivity index (χ2n) is 19.2. The second-order valence-corrected chi connectivity index (χ2v) is 19.2. The molecular formula is C50H62N8O9. The molecule has 0 saturated carbocycles. The van der Waals surface area contributed by atoms with Gasteiger partial charge in [0.25, 0.3) is 0 Å². The molecule has 3 fully saturated rings. The predicted octanol–water partition coefficient (Wildman–Crippen LogP) is 7.56. The van der Waals surface area contributed by atoms with E-state index in [4.69, 9.17) is 33.7 Å². The van der Waals surface area contributed by atoms with Gasteiger partial charge in [0.05, 0.1) is 68.0 Å². The van der Waals surface area contributed by atoms with E-state index in [1.165, 1.54) is 14.2 Å². The lowest BCUT2D eigenvalue weighted by Gasteiger charge is -2.38. The molecule has 17 heteroatoms. The van der Waals surface area contributed by atoms with Crippen molar-refractivity contribution in [3.8, 4) is 28.1 Å². The van der Waals surface area contributed by atoms with E-state index in [-0.39, 0.29) is 59.9 Å². The minimum atomic E-state index is -0.783. The van der Waals surface area contributed by atoms with Crippen LogP contribution in [-0.4, -0.2) is 119 Å². The summed E-state index contributed by atoms with van der Waals surface area (Å²) in [6, 6.07) is 12.5. The highest BCUT2D eigenvalue weighted by molar-refractivity contribution is 6.07. The number of hydrogen-bond acceptors (Lipinski definition) is 11. The number of likely N-dealkylation sites (tertiary alicyclic amines) is 2. The first-order valence-electron chi connectivity index (χ1n) is 23.5. The van der Waals surface area contributed by atoms with Gasteiger partial charge in [-0.15, -0.1) is 0 Å². The summed E-state index contributed by atoms with van der Waals surface area (Å²) in [5.41, 5.74) is 6.49. The summed E-state index contributed by atoms with van der Waals surface area (Å²) in [7, 11) is 4.27. The zero-order chi connectivity index (χ0) is 47.3. The maximum absolute atomic E-state index is 14.6. The molecule has 0 aliphatic carbocycles. The highest BCUT2D eigenvalue weighted by Gasteiger charge is 2.45. The molecule has 9 rings (SSSR count). The third kappa shape index (κ3) is 8.90. The average Bonchev–Trinajstić information content (AvgIpc) is 4.14. The van der Waals surface area contributed by atoms with Gasteiger partial charge in [0.1, 0.15) is 36.1 Å². The van der Waals surface area contributed by atoms with Gasteiger partial charge in [-0.25, -0.2) is 19.6 Å². The number of methoxy groups -OCH3 is 3. The number of nitrogens with one attached hydrogen (secondary N) is 4. The van der Waals surface area contributed by atoms with Gasteiger partial charge in [0, 0.05) is 36.6 Å². The molecule has 67 heavy (non-hydrogen) atoms. The lowest BCUT2D eigenvalue weighted by molar-refractivity contribution is -0.139. The maximum atomic E-state index is 14.6. The molecule has 6 heterocycles. The van der Waals surface area contributed by atoms with E-state index in [2.05, 4.69) is 57.0 Å². The van der Waals surface area contributed by atoms with Crippen LogP contribution in [0.3, 0.4) is 0 Å². The standard InChI is InChI=1S/C50H62N8O9/c1-25(2)42(55-49(61)64-7)48(60)58-26(3)9-14-39(58)46-52-37-13-11-30-19-36-34-12-10-31(18-33(34)24-66-41(36)20-35(30)44(37)54-46)38-21-51-45(53-38)40-17-29(23-63-6)22-57(40)47(59)43(56-50(62)65-8)32-15-27(4)67-28(5)16-32/h10-13,18-21,25-29,32,39-40,42-43H,9,14-17,22-24H2,1-8H3,(H,51,53)(H,52,54)(H,55,61)(H,56,62). The largest absolute Gasteiger partial charge is 0.488 e. The molecule has 4 amide bonds. The van der Waals surface area contributed by atoms with Crippen LogP contribution in [-0.2, 0) is 35.1 Å². The van der Waals surface area contributed by atoms with Crippen molar-refractivity contribution in [2.45, 2.75) is 116 Å². The fraction of sp³-hybridized carbons (Fsp3) is 0.520. The van der Waals surface area contributed by atoms with Crippen molar-refractivity contribution < 1.29 is 42.9 Å². The smallest absolute Gasteiger partial charge is 0.407 e. The number of fused-ring (bicyclic) bond motifs is 6. The van der Waals surface area contributed by atoms with E-state index in [1.807, 2.05) is 56.7 Å². The number of nitrogens with zero attached hydrogens (tertiary/aromatic N) is 4. The molecule has 3 saturated heterocycles. The molecule has 356 valence electrons. The fourth-order valence-corrected chi connectivity index (χ4v) is 11.0. The SMILES string of the molecule is COCC1CC(c2ncc(-c3ccc4c(c3)COc3cc5c(ccc6[nH]c(C7CCC(C)N7C(=O)C(NC(=O)OC)C(C)C)nc65)cc3-4)[nH]2)N(C(=O)C(NC(=O)OC)C2CC(C)OC(C)C2)C1. The summed E-state index contributed by atoms with van der Waals surface area (Å²) in [5.74, 6) is 1.63. The van der Waals surface area contributed by atoms with Gasteiger partial charge >= 0.3 is 12.2 Å². The number of hydrogen-bond donors (Lipinski definition) is 4. The van der Waals surface area contributed by atoms with Crippen LogP contribution in [0.5, 0.6) is 5.75 Å². The van der Waals surface area contributed by atoms with E-state index >= 15 is 0 Å². The lowest BCUT2D eigenvalue weighted by Crippen LogP contribution is -2.54. The summed E-state index contributed by atoms with van der Waals surface area (Å²) in [6.07, 6.45) is 3.91. The maximum Gasteiger partial charge on any atom is 0.407 e. The topological polar surface area (TPSA) is 202 Å². The van der Waals surface area contributed by atoms with Crippen molar-refractivity contribution in [1.29, 1.82) is 0 Å². The van der Waals surface area contributed by atoms with Gasteiger partial charge in [-0.1, -0.05) is 32.0 Å². The van der Waals surface area contributed by atoms with Crippen LogP contribution < -0.4 is 15.4 Å². The van der Waals surface area contributed by atoms with Crippen LogP contribution in [0.1, 0.15) is 96.0 Å². The first-order valence-corrected chi connectivity index (χ1v) is 23.5. The summed E-state index contributed by atoms with van der Waals surface area (Å²) >= 11 is 0. The first kappa shape index (κ1) is 45.9. The molecule has 4 N–H and O–H groups in total. The van der Waals surface area contributed by atoms with Crippen molar-refractivity contribution >= 4 is 45.8 Å². The highest BCUT2D eigenvalue weighted by Crippen LogP contribution is 2.44. The number of alkyl carbamates (subject to hydrolysis) is 2. The van der Waals surface area contributed by atoms with E-state index in [0.717, 1.165) is 68.3 Å². The molecule has 4 aliphatic heterocycles. The molecule has 0 bridgehead atoms. The number of H-pyrrole nitrogens is 2. The minimum absolute atomic E-state index is 0.0338. The number of ether oxygens (including phenoxy) is 5. The van der Waals surface area contributed by atoms with Crippen molar-refractivity contribution in [2.24, 2.45) is 17.8 Å². The van der Waals surface area contributed by atoms with E-state index in [9.17, 15) is 19.2 Å². The van der Waals surface area contributed by atoms with Gasteiger partial charge in [-0.05, 0) is 111 Å². The van der Waals surface area contributed by atoms with Crippen LogP contribution in [0.4, 0.5) is 9.59 Å². The Morgan fingerprint density at radius 2 is 1.61 bits per heavy atom. The van der Waals surface area contributed by atoms with Crippen LogP contribution in [0.2, 0.25) is 0 Å². The zero-order valence-corrected chi connectivity index (χ0v) is 39.5. The lowest BCUT2D eigenvalue weighted by atomic mass is 9.85. The first-order chi connectivity index (χ1) is 32.2. The van der Waals surface area contributed by atoms with E-state index in [1.54, 1.807) is 7.11 Å². The number of imidazole rings is 2. The summed E-state index contributed by atoms with van der Waals surface area (Å²) in [5, 5.41) is 7.56. The van der Waals surface area contributed by atoms with Gasteiger partial charge < -0.3 is 54.1 Å². The normalized spacial score (nSPS) is 24.5. The van der Waals surface area contributed by atoms with Crippen molar-refractivity contribution in [3.63, 3.8) is 0 Å². The quantitative estimate of drug-likeness (QED) is 0.102. The number of benzene rings is 3. The number of carbonyl (C=O) groups excluding carboxylic acids is 4. The second kappa shape index (κ2) is 18.8. The van der Waals surface area contributed by atoms with Gasteiger partial charge in [-0.3, -0.25) is 9.59 Å². The van der Waals surface area contributed by atoms with Crippen molar-refractivity contribution in [2.75, 3.05) is 34.5 Å². The molecule has 3 aromatic carbocycles. The monoisotopic (exact) mass is 918 g/mol. The summed E-state index contributed by atoms with van der Waals surface area (Å²) in [6.45, 7) is 11.2. The molecule has 8 atom stereocenters. The number of carbonyl (C=O) groups is 4. The number of rotatable bonds is 11. The van der Waals surface area contributed by atoms with Crippen LogP contribution in [0, 0.1) is 17.8 Å². The molecular weight excluding hydrogens is 857 g/mol. The number of amides is 4. The van der Waals surface area contributed by atoms with Gasteiger partial charge in [0.2, 0.25) is 11.8 Å². The highest BCUT2D eigenvalue weighted by atomic mass is 16.5. The fourth-order valence-electron chi connectivity index (χ4n) is 11.0. The minimum Gasteiger partial charge on any atom is -0.488 e. The molecule has 8 unspecified atom stereocenters. The van der Waals surface area contributed by atoms with Crippen molar-refractivity contribution in [3.05, 3.63) is 65.9 Å². The number of aromatic amines is 2. The van der Waals surface area contributed by atoms with Gasteiger partial charge in [0.15, 0.2) is 0 Å². The Morgan fingerprint density at radius 3 is 2.34 bits per heavy atom. The summed E-state index contributed by atoms with van der Waals surface area (Å²) in [4.78, 5) is 74.2. The Kier molecular flexibility index (Phi) is 12.9. The van der Waals surface area contributed by atoms with Crippen molar-refractivity contribution in [1.82, 2.24) is 40.4 Å². The molecule has 2 aromatic heterocycles. The van der Waals surface area contributed by atoms with Crippen LogP contribution in [0.15, 0.2) is 48.7 Å². The molecule has 4 aliphatic rings. The van der Waals surface area contributed by atoms with Crippen LogP contribution >= 0.6 is 0 Å². The Bertz CT molecular complexity index is 2670. The third-order valence-corrected chi connectivity index (χ3v) is 14.2. The number of aromatic nitrogens is 4. The van der Waals surface area contributed by atoms with E-state index < -0.39 is 24.3 Å². The molecule has 0 spiro atoms. The Morgan fingerprint density at radius 1 is 0.851 bits per heavy atom. The Hall–Kier alpha value is -6.20. The Labute approximate surface area is 390 Å². The molecule has 0 radical (unpaired) electrons. The van der Waals surface area contributed by atoms with Crippen LogP contribution in [0.25, 0.3) is 44.2 Å². The zero-order valence-electron chi connectivity index (χ0n) is 39.5. The Balaban J connectivity index is 0.967. The molecule has 5 aromatic rings. The predicted molar refractivity (Wildman–Crippen MR) is 250 cm³/mol. The summed E-state index contributed by atoms with van der Waals surface area (Å²) < 4.78 is 27.8. The van der Waals surface area contributed by atoms with E-state index in [0.29, 0.717) is 50.7 Å². The molecule has 17 nitrogen and oxygen atoms in total. The third-order valence-electron chi connectivity index (χ3n) is 14.2. The average molecular weight is 919 g/mol. The van der Waals surface area contributed by atoms with Gasteiger partial charge in [-0.2, -0.15) is 0 Å².